The first-order valence-electron chi connectivity index (χ1n) is 6.23. The summed E-state index contributed by atoms with van der Waals surface area (Å²) in [7, 11) is 1.72. The van der Waals surface area contributed by atoms with Crippen molar-refractivity contribution in [3.8, 4) is 0 Å². The first-order valence-corrected chi connectivity index (χ1v) is 6.23. The van der Waals surface area contributed by atoms with Gasteiger partial charge in [-0.1, -0.05) is 31.4 Å². The fourth-order valence-corrected chi connectivity index (χ4v) is 1.48. The minimum Gasteiger partial charge on any atom is -0.479 e. The third-order valence-electron chi connectivity index (χ3n) is 2.53. The number of ether oxygens (including phenoxy) is 1. The minimum absolute atomic E-state index is 0.198. The van der Waals surface area contributed by atoms with Crippen LogP contribution in [0.4, 0.5) is 0 Å². The molecule has 1 atom stereocenters. The number of carboxylic acid groups (broad SMARTS) is 1. The molecule has 17 heavy (non-hydrogen) atoms. The lowest BCUT2D eigenvalue weighted by molar-refractivity contribution is -0.146. The van der Waals surface area contributed by atoms with Crippen LogP contribution in [0.3, 0.4) is 0 Å². The lowest BCUT2D eigenvalue weighted by Gasteiger charge is -2.00. The highest BCUT2D eigenvalue weighted by Crippen LogP contribution is 2.06. The smallest absolute Gasteiger partial charge is 0.332 e. The van der Waals surface area contributed by atoms with E-state index in [2.05, 4.69) is 0 Å². The van der Waals surface area contributed by atoms with Crippen LogP contribution in [-0.2, 0) is 9.53 Å². The van der Waals surface area contributed by atoms with Crippen molar-refractivity contribution in [2.75, 3.05) is 13.7 Å². The van der Waals surface area contributed by atoms with Gasteiger partial charge in [0, 0.05) is 20.1 Å². The Bertz CT molecular complexity index is 213. The standard InChI is InChI=1S/C13H24O4/c1-17-11-9-7-5-3-2-4-6-8-10-12(14)13(15)16/h6,8,12,14H,2-5,7,9-11H2,1H3,(H,15,16). The Morgan fingerprint density at radius 3 is 2.47 bits per heavy atom. The quantitative estimate of drug-likeness (QED) is 0.432. The SMILES string of the molecule is COCCCCCCCC=CCC(O)C(=O)O. The van der Waals surface area contributed by atoms with Gasteiger partial charge in [-0.05, 0) is 19.3 Å². The maximum absolute atomic E-state index is 10.3. The monoisotopic (exact) mass is 244 g/mol. The van der Waals surface area contributed by atoms with Gasteiger partial charge in [-0.25, -0.2) is 4.79 Å². The highest BCUT2D eigenvalue weighted by Gasteiger charge is 2.09. The first kappa shape index (κ1) is 16.1. The molecule has 4 heteroatoms. The number of allylic oxidation sites excluding steroid dienone is 1. The van der Waals surface area contributed by atoms with Crippen molar-refractivity contribution < 1.29 is 19.7 Å². The zero-order valence-corrected chi connectivity index (χ0v) is 10.6. The van der Waals surface area contributed by atoms with Crippen LogP contribution in [0.1, 0.15) is 44.9 Å². The van der Waals surface area contributed by atoms with E-state index in [0.29, 0.717) is 0 Å². The largest absolute Gasteiger partial charge is 0.479 e. The van der Waals surface area contributed by atoms with Gasteiger partial charge in [-0.15, -0.1) is 0 Å². The molecular formula is C13H24O4. The Morgan fingerprint density at radius 2 is 1.82 bits per heavy atom. The lowest BCUT2D eigenvalue weighted by atomic mass is 10.1. The van der Waals surface area contributed by atoms with Crippen LogP contribution in [0.25, 0.3) is 0 Å². The normalized spacial score (nSPS) is 13.1. The van der Waals surface area contributed by atoms with E-state index < -0.39 is 12.1 Å². The predicted molar refractivity (Wildman–Crippen MR) is 67.0 cm³/mol. The van der Waals surface area contributed by atoms with E-state index in [1.165, 1.54) is 19.3 Å². The summed E-state index contributed by atoms with van der Waals surface area (Å²) in [6.07, 6.45) is 9.43. The van der Waals surface area contributed by atoms with Gasteiger partial charge >= 0.3 is 5.97 Å². The number of aliphatic hydroxyl groups excluding tert-OH is 1. The van der Waals surface area contributed by atoms with Gasteiger partial charge in [-0.3, -0.25) is 0 Å². The van der Waals surface area contributed by atoms with Crippen molar-refractivity contribution >= 4 is 5.97 Å². The number of hydrogen-bond donors (Lipinski definition) is 2. The summed E-state index contributed by atoms with van der Waals surface area (Å²) in [5.41, 5.74) is 0. The number of hydrogen-bond acceptors (Lipinski definition) is 3. The molecule has 0 aliphatic carbocycles. The van der Waals surface area contributed by atoms with E-state index in [9.17, 15) is 4.79 Å². The molecule has 0 rings (SSSR count). The molecule has 0 aromatic rings. The zero-order chi connectivity index (χ0) is 12.9. The second-order valence-electron chi connectivity index (χ2n) is 4.11. The number of unbranched alkanes of at least 4 members (excludes halogenated alkanes) is 5. The Balaban J connectivity index is 3.22. The van der Waals surface area contributed by atoms with Gasteiger partial charge in [0.15, 0.2) is 6.10 Å². The van der Waals surface area contributed by atoms with Gasteiger partial charge in [0.05, 0.1) is 0 Å². The zero-order valence-electron chi connectivity index (χ0n) is 10.6. The van der Waals surface area contributed by atoms with Crippen LogP contribution >= 0.6 is 0 Å². The molecular weight excluding hydrogens is 220 g/mol. The Labute approximate surface area is 103 Å². The Hall–Kier alpha value is -0.870. The average Bonchev–Trinajstić information content (AvgIpc) is 2.31. The first-order chi connectivity index (χ1) is 8.18. The van der Waals surface area contributed by atoms with Crippen LogP contribution in [-0.4, -0.2) is 36.0 Å². The highest BCUT2D eigenvalue weighted by atomic mass is 16.5. The number of carboxylic acids is 1. The molecule has 0 aromatic heterocycles. The molecule has 0 radical (unpaired) electrons. The van der Waals surface area contributed by atoms with Gasteiger partial charge in [0.1, 0.15) is 0 Å². The number of aliphatic hydroxyl groups is 1. The van der Waals surface area contributed by atoms with Crippen molar-refractivity contribution in [1.29, 1.82) is 0 Å². The second-order valence-corrected chi connectivity index (χ2v) is 4.11. The molecule has 0 heterocycles. The third kappa shape index (κ3) is 11.4. The molecule has 0 saturated heterocycles. The minimum atomic E-state index is -1.26. The summed E-state index contributed by atoms with van der Waals surface area (Å²) in [5.74, 6) is -1.16. The van der Waals surface area contributed by atoms with Crippen molar-refractivity contribution in [3.63, 3.8) is 0 Å². The summed E-state index contributed by atoms with van der Waals surface area (Å²) in [6, 6.07) is 0. The Morgan fingerprint density at radius 1 is 1.18 bits per heavy atom. The molecule has 0 aliphatic rings. The molecule has 0 bridgehead atoms. The summed E-state index contributed by atoms with van der Waals surface area (Å²) >= 11 is 0. The summed E-state index contributed by atoms with van der Waals surface area (Å²) in [4.78, 5) is 10.3. The maximum Gasteiger partial charge on any atom is 0.332 e. The predicted octanol–water partition coefficient (Wildman–Crippen LogP) is 2.37. The highest BCUT2D eigenvalue weighted by molar-refractivity contribution is 5.72. The molecule has 0 fully saturated rings. The molecule has 1 unspecified atom stereocenters. The van der Waals surface area contributed by atoms with Gasteiger partial charge in [0.2, 0.25) is 0 Å². The molecule has 4 nitrogen and oxygen atoms in total. The van der Waals surface area contributed by atoms with Gasteiger partial charge < -0.3 is 14.9 Å². The van der Waals surface area contributed by atoms with E-state index in [1.54, 1.807) is 13.2 Å². The van der Waals surface area contributed by atoms with Gasteiger partial charge in [0.25, 0.3) is 0 Å². The van der Waals surface area contributed by atoms with Crippen LogP contribution in [0, 0.1) is 0 Å². The van der Waals surface area contributed by atoms with Gasteiger partial charge in [-0.2, -0.15) is 0 Å². The van der Waals surface area contributed by atoms with Crippen LogP contribution < -0.4 is 0 Å². The van der Waals surface area contributed by atoms with Crippen LogP contribution in [0.5, 0.6) is 0 Å². The van der Waals surface area contributed by atoms with E-state index in [1.807, 2.05) is 6.08 Å². The fourth-order valence-electron chi connectivity index (χ4n) is 1.48. The molecule has 0 spiro atoms. The molecule has 0 aliphatic heterocycles. The molecule has 2 N–H and O–H groups in total. The third-order valence-corrected chi connectivity index (χ3v) is 2.53. The topological polar surface area (TPSA) is 66.8 Å². The van der Waals surface area contributed by atoms with E-state index in [-0.39, 0.29) is 6.42 Å². The van der Waals surface area contributed by atoms with E-state index >= 15 is 0 Å². The molecule has 0 amide bonds. The lowest BCUT2D eigenvalue weighted by Crippen LogP contribution is -2.17. The van der Waals surface area contributed by atoms with Crippen LogP contribution in [0.15, 0.2) is 12.2 Å². The average molecular weight is 244 g/mol. The molecule has 0 saturated carbocycles. The number of methoxy groups -OCH3 is 1. The number of aliphatic carboxylic acids is 1. The summed E-state index contributed by atoms with van der Waals surface area (Å²) in [6.45, 7) is 0.840. The van der Waals surface area contributed by atoms with E-state index in [0.717, 1.165) is 25.9 Å². The van der Waals surface area contributed by atoms with Crippen molar-refractivity contribution in [3.05, 3.63) is 12.2 Å². The van der Waals surface area contributed by atoms with Crippen molar-refractivity contribution in [2.24, 2.45) is 0 Å². The van der Waals surface area contributed by atoms with E-state index in [4.69, 9.17) is 14.9 Å². The summed E-state index contributed by atoms with van der Waals surface area (Å²) in [5, 5.41) is 17.4. The summed E-state index contributed by atoms with van der Waals surface area (Å²) < 4.78 is 4.96. The van der Waals surface area contributed by atoms with Crippen molar-refractivity contribution in [2.45, 2.75) is 51.0 Å². The fraction of sp³-hybridized carbons (Fsp3) is 0.769. The van der Waals surface area contributed by atoms with Crippen LogP contribution in [0.2, 0.25) is 0 Å². The second kappa shape index (κ2) is 11.6. The van der Waals surface area contributed by atoms with Crippen molar-refractivity contribution in [1.82, 2.24) is 0 Å². The maximum atomic E-state index is 10.3. The molecule has 0 aromatic carbocycles. The number of carbonyl (C=O) groups is 1. The Kier molecular flexibility index (Phi) is 11.0. The molecule has 100 valence electrons. The number of rotatable bonds is 11.